The van der Waals surface area contributed by atoms with Gasteiger partial charge in [0.25, 0.3) is 0 Å². The summed E-state index contributed by atoms with van der Waals surface area (Å²) in [6.45, 7) is 1.37. The van der Waals surface area contributed by atoms with Crippen molar-refractivity contribution in [1.29, 1.82) is 0 Å². The predicted octanol–water partition coefficient (Wildman–Crippen LogP) is 0.169. The highest BCUT2D eigenvalue weighted by atomic mass is 32.2. The molecular weight excluding hydrogens is 242 g/mol. The number of carbonyl (C=O) groups is 1. The third-order valence-corrected chi connectivity index (χ3v) is 3.26. The summed E-state index contributed by atoms with van der Waals surface area (Å²) in [5, 5.41) is 8.95. The third kappa shape index (κ3) is 5.08. The number of carbonyl (C=O) groups excluding carboxylic acids is 1. The molecule has 1 aromatic carbocycles. The van der Waals surface area contributed by atoms with E-state index in [0.29, 0.717) is 5.56 Å². The van der Waals surface area contributed by atoms with Gasteiger partial charge in [0.05, 0.1) is 6.10 Å². The van der Waals surface area contributed by atoms with Gasteiger partial charge in [0, 0.05) is 12.1 Å². The van der Waals surface area contributed by atoms with E-state index in [1.54, 1.807) is 30.3 Å². The first-order chi connectivity index (χ1) is 7.91. The molecule has 0 unspecified atom stereocenters. The van der Waals surface area contributed by atoms with Crippen molar-refractivity contribution in [2.75, 3.05) is 12.3 Å². The number of hydrogen-bond acceptors (Lipinski definition) is 4. The monoisotopic (exact) mass is 257 g/mol. The Hall–Kier alpha value is -1.24. The highest BCUT2D eigenvalue weighted by molar-refractivity contribution is 7.90. The fourth-order valence-electron chi connectivity index (χ4n) is 1.18. The van der Waals surface area contributed by atoms with Crippen molar-refractivity contribution >= 4 is 15.8 Å². The van der Waals surface area contributed by atoms with Gasteiger partial charge >= 0.3 is 0 Å². The topological polar surface area (TPSA) is 83.5 Å². The summed E-state index contributed by atoms with van der Waals surface area (Å²) in [7, 11) is -3.68. The first-order valence-corrected chi connectivity index (χ1v) is 6.79. The Labute approximate surface area is 101 Å². The zero-order valence-electron chi connectivity index (χ0n) is 9.46. The molecule has 17 heavy (non-hydrogen) atoms. The lowest BCUT2D eigenvalue weighted by Gasteiger charge is -2.07. The second-order valence-corrected chi connectivity index (χ2v) is 5.55. The number of rotatable bonds is 6. The van der Waals surface area contributed by atoms with Crippen LogP contribution in [0.25, 0.3) is 0 Å². The van der Waals surface area contributed by atoms with Gasteiger partial charge in [-0.1, -0.05) is 30.3 Å². The molecule has 1 rings (SSSR count). The van der Waals surface area contributed by atoms with Gasteiger partial charge < -0.3 is 5.11 Å². The summed E-state index contributed by atoms with van der Waals surface area (Å²) >= 11 is 0. The standard InChI is InChI=1S/C11H15NO4S/c1-9(13)7-12-17(15,16)8-11(14)10-5-3-2-4-6-10/h2-6,9,12-13H,7-8H2,1H3/t9-/m0/s1. The minimum atomic E-state index is -3.68. The molecule has 1 aromatic rings. The summed E-state index contributed by atoms with van der Waals surface area (Å²) in [4.78, 5) is 11.6. The van der Waals surface area contributed by atoms with Crippen LogP contribution in [0.4, 0.5) is 0 Å². The molecule has 0 aliphatic rings. The fraction of sp³-hybridized carbons (Fsp3) is 0.364. The lowest BCUT2D eigenvalue weighted by Crippen LogP contribution is -2.34. The zero-order valence-corrected chi connectivity index (χ0v) is 10.3. The Morgan fingerprint density at radius 3 is 2.47 bits per heavy atom. The van der Waals surface area contributed by atoms with Gasteiger partial charge in [-0.05, 0) is 6.92 Å². The molecule has 0 aliphatic heterocycles. The number of sulfonamides is 1. The van der Waals surface area contributed by atoms with E-state index in [9.17, 15) is 13.2 Å². The Bertz CT molecular complexity index is 468. The maximum absolute atomic E-state index is 11.6. The Kier molecular flexibility index (Phi) is 4.80. The second-order valence-electron chi connectivity index (χ2n) is 3.75. The van der Waals surface area contributed by atoms with Crippen LogP contribution in [0.1, 0.15) is 17.3 Å². The van der Waals surface area contributed by atoms with Gasteiger partial charge in [-0.2, -0.15) is 0 Å². The molecular formula is C11H15NO4S. The normalized spacial score (nSPS) is 13.3. The van der Waals surface area contributed by atoms with Gasteiger partial charge in [-0.15, -0.1) is 0 Å². The van der Waals surface area contributed by atoms with E-state index in [1.165, 1.54) is 6.92 Å². The molecule has 0 heterocycles. The van der Waals surface area contributed by atoms with Crippen molar-refractivity contribution in [2.24, 2.45) is 0 Å². The number of Topliss-reactive ketones (excluding diaryl/α,β-unsaturated/α-hetero) is 1. The van der Waals surface area contributed by atoms with Crippen molar-refractivity contribution in [2.45, 2.75) is 13.0 Å². The molecule has 5 nitrogen and oxygen atoms in total. The molecule has 0 saturated carbocycles. The first-order valence-electron chi connectivity index (χ1n) is 5.14. The van der Waals surface area contributed by atoms with Crippen LogP contribution in [-0.2, 0) is 10.0 Å². The number of aliphatic hydroxyl groups is 1. The van der Waals surface area contributed by atoms with Gasteiger partial charge in [-0.25, -0.2) is 13.1 Å². The van der Waals surface area contributed by atoms with Gasteiger partial charge in [0.15, 0.2) is 5.78 Å². The van der Waals surface area contributed by atoms with E-state index >= 15 is 0 Å². The van der Waals surface area contributed by atoms with Gasteiger partial charge in [0.2, 0.25) is 10.0 Å². The third-order valence-electron chi connectivity index (χ3n) is 2.02. The van der Waals surface area contributed by atoms with Crippen LogP contribution >= 0.6 is 0 Å². The highest BCUT2D eigenvalue weighted by Crippen LogP contribution is 2.01. The van der Waals surface area contributed by atoms with Crippen LogP contribution < -0.4 is 4.72 Å². The summed E-state index contributed by atoms with van der Waals surface area (Å²) < 4.78 is 25.1. The molecule has 0 radical (unpaired) electrons. The quantitative estimate of drug-likeness (QED) is 0.712. The van der Waals surface area contributed by atoms with Gasteiger partial charge in [0.1, 0.15) is 5.75 Å². The molecule has 0 bridgehead atoms. The molecule has 0 saturated heterocycles. The fourth-order valence-corrected chi connectivity index (χ4v) is 2.29. The molecule has 6 heteroatoms. The minimum Gasteiger partial charge on any atom is -0.392 e. The van der Waals surface area contributed by atoms with Crippen LogP contribution in [-0.4, -0.2) is 37.7 Å². The van der Waals surface area contributed by atoms with E-state index in [0.717, 1.165) is 0 Å². The lowest BCUT2D eigenvalue weighted by atomic mass is 10.2. The first kappa shape index (κ1) is 13.8. The molecule has 0 spiro atoms. The molecule has 2 N–H and O–H groups in total. The molecule has 0 fully saturated rings. The smallest absolute Gasteiger partial charge is 0.219 e. The van der Waals surface area contributed by atoms with Crippen molar-refractivity contribution in [3.05, 3.63) is 35.9 Å². The van der Waals surface area contributed by atoms with Crippen molar-refractivity contribution in [3.8, 4) is 0 Å². The summed E-state index contributed by atoms with van der Waals surface area (Å²) in [6, 6.07) is 8.21. The van der Waals surface area contributed by atoms with Crippen LogP contribution in [0.2, 0.25) is 0 Å². The Balaban J connectivity index is 2.63. The summed E-state index contributed by atoms with van der Waals surface area (Å²) in [5.74, 6) is -1.08. The minimum absolute atomic E-state index is 0.0929. The summed E-state index contributed by atoms with van der Waals surface area (Å²) in [6.07, 6.45) is -0.781. The molecule has 1 atom stereocenters. The Morgan fingerprint density at radius 2 is 1.94 bits per heavy atom. The van der Waals surface area contributed by atoms with Crippen LogP contribution in [0.15, 0.2) is 30.3 Å². The number of aliphatic hydroxyl groups excluding tert-OH is 1. The molecule has 0 aromatic heterocycles. The number of hydrogen-bond donors (Lipinski definition) is 2. The van der Waals surface area contributed by atoms with E-state index in [-0.39, 0.29) is 6.54 Å². The number of nitrogens with one attached hydrogen (secondary N) is 1. The zero-order chi connectivity index (χ0) is 12.9. The van der Waals surface area contributed by atoms with E-state index < -0.39 is 27.7 Å². The van der Waals surface area contributed by atoms with Crippen LogP contribution in [0, 0.1) is 0 Å². The maximum Gasteiger partial charge on any atom is 0.219 e. The SMILES string of the molecule is C[C@H](O)CNS(=O)(=O)CC(=O)c1ccccc1. The largest absolute Gasteiger partial charge is 0.392 e. The molecule has 94 valence electrons. The molecule has 0 aliphatic carbocycles. The van der Waals surface area contributed by atoms with Crippen molar-refractivity contribution < 1.29 is 18.3 Å². The van der Waals surface area contributed by atoms with Crippen molar-refractivity contribution in [1.82, 2.24) is 4.72 Å². The highest BCUT2D eigenvalue weighted by Gasteiger charge is 2.17. The Morgan fingerprint density at radius 1 is 1.35 bits per heavy atom. The van der Waals surface area contributed by atoms with E-state index in [4.69, 9.17) is 5.11 Å². The number of benzene rings is 1. The predicted molar refractivity (Wildman–Crippen MR) is 64.2 cm³/mol. The average Bonchev–Trinajstić information content (AvgIpc) is 2.27. The van der Waals surface area contributed by atoms with Crippen molar-refractivity contribution in [3.63, 3.8) is 0 Å². The summed E-state index contributed by atoms with van der Waals surface area (Å²) in [5.41, 5.74) is 0.356. The maximum atomic E-state index is 11.6. The second kappa shape index (κ2) is 5.90. The average molecular weight is 257 g/mol. The lowest BCUT2D eigenvalue weighted by molar-refractivity contribution is 0.102. The van der Waals surface area contributed by atoms with Crippen LogP contribution in [0.5, 0.6) is 0 Å². The van der Waals surface area contributed by atoms with Crippen LogP contribution in [0.3, 0.4) is 0 Å². The van der Waals surface area contributed by atoms with Gasteiger partial charge in [-0.3, -0.25) is 4.79 Å². The number of ketones is 1. The van der Waals surface area contributed by atoms with E-state index in [1.807, 2.05) is 0 Å². The van der Waals surface area contributed by atoms with E-state index in [2.05, 4.69) is 4.72 Å². The molecule has 0 amide bonds.